The third kappa shape index (κ3) is 3.54. The standard InChI is InChI=1S/C13H22N2O3/c1-10-5-11(14-18-10)6-15-7-12(8-16-4)17-13(2,3)9-15/h5,12H,6-9H2,1-4H3. The number of nitrogens with zero attached hydrogens (tertiary/aromatic N) is 2. The Bertz CT molecular complexity index is 389. The first-order chi connectivity index (χ1) is 8.48. The van der Waals surface area contributed by atoms with Gasteiger partial charge in [0.1, 0.15) is 5.76 Å². The van der Waals surface area contributed by atoms with E-state index in [0.717, 1.165) is 31.1 Å². The summed E-state index contributed by atoms with van der Waals surface area (Å²) in [5.74, 6) is 0.853. The van der Waals surface area contributed by atoms with Gasteiger partial charge in [-0.3, -0.25) is 4.90 Å². The normalized spacial score (nSPS) is 24.3. The first kappa shape index (κ1) is 13.5. The van der Waals surface area contributed by atoms with E-state index in [-0.39, 0.29) is 11.7 Å². The Morgan fingerprint density at radius 3 is 2.94 bits per heavy atom. The predicted molar refractivity (Wildman–Crippen MR) is 67.3 cm³/mol. The molecule has 0 N–H and O–H groups in total. The van der Waals surface area contributed by atoms with Crippen molar-refractivity contribution in [1.82, 2.24) is 10.1 Å². The molecular weight excluding hydrogens is 232 g/mol. The molecule has 5 nitrogen and oxygen atoms in total. The molecule has 1 unspecified atom stereocenters. The predicted octanol–water partition coefficient (Wildman–Crippen LogP) is 1.61. The van der Waals surface area contributed by atoms with E-state index in [1.54, 1.807) is 7.11 Å². The molecule has 18 heavy (non-hydrogen) atoms. The Kier molecular flexibility index (Phi) is 4.04. The van der Waals surface area contributed by atoms with E-state index in [1.165, 1.54) is 0 Å². The lowest BCUT2D eigenvalue weighted by Crippen LogP contribution is -2.53. The van der Waals surface area contributed by atoms with Gasteiger partial charge in [-0.25, -0.2) is 0 Å². The molecular formula is C13H22N2O3. The van der Waals surface area contributed by atoms with Gasteiger partial charge >= 0.3 is 0 Å². The molecule has 0 aliphatic carbocycles. The quantitative estimate of drug-likeness (QED) is 0.817. The molecule has 0 bridgehead atoms. The Morgan fingerprint density at radius 2 is 2.33 bits per heavy atom. The molecule has 2 heterocycles. The average Bonchev–Trinajstić information content (AvgIpc) is 2.61. The fraction of sp³-hybridized carbons (Fsp3) is 0.769. The van der Waals surface area contributed by atoms with Crippen molar-refractivity contribution in [2.24, 2.45) is 0 Å². The first-order valence-corrected chi connectivity index (χ1v) is 6.30. The summed E-state index contributed by atoms with van der Waals surface area (Å²) in [4.78, 5) is 2.34. The van der Waals surface area contributed by atoms with E-state index in [2.05, 4.69) is 23.9 Å². The Morgan fingerprint density at radius 1 is 1.56 bits per heavy atom. The molecule has 0 saturated carbocycles. The van der Waals surface area contributed by atoms with Crippen LogP contribution in [0.2, 0.25) is 0 Å². The van der Waals surface area contributed by atoms with Crippen LogP contribution < -0.4 is 0 Å². The van der Waals surface area contributed by atoms with Crippen molar-refractivity contribution in [2.45, 2.75) is 39.0 Å². The monoisotopic (exact) mass is 254 g/mol. The van der Waals surface area contributed by atoms with Crippen molar-refractivity contribution in [3.05, 3.63) is 17.5 Å². The van der Waals surface area contributed by atoms with Gasteiger partial charge < -0.3 is 14.0 Å². The summed E-state index contributed by atoms with van der Waals surface area (Å²) < 4.78 is 16.3. The molecule has 1 aliphatic heterocycles. The van der Waals surface area contributed by atoms with E-state index in [4.69, 9.17) is 14.0 Å². The van der Waals surface area contributed by atoms with E-state index in [0.29, 0.717) is 6.61 Å². The Balaban J connectivity index is 1.98. The molecule has 1 atom stereocenters. The highest BCUT2D eigenvalue weighted by atomic mass is 16.5. The minimum Gasteiger partial charge on any atom is -0.382 e. The van der Waals surface area contributed by atoms with Crippen molar-refractivity contribution in [3.8, 4) is 0 Å². The topological polar surface area (TPSA) is 47.7 Å². The molecule has 0 spiro atoms. The van der Waals surface area contributed by atoms with Crippen molar-refractivity contribution in [3.63, 3.8) is 0 Å². The van der Waals surface area contributed by atoms with Crippen LogP contribution in [0.1, 0.15) is 25.3 Å². The van der Waals surface area contributed by atoms with Gasteiger partial charge in [0.05, 0.1) is 24.0 Å². The zero-order valence-electron chi connectivity index (χ0n) is 11.6. The second-order valence-corrected chi connectivity index (χ2v) is 5.55. The van der Waals surface area contributed by atoms with Crippen molar-refractivity contribution >= 4 is 0 Å². The zero-order valence-corrected chi connectivity index (χ0v) is 11.6. The van der Waals surface area contributed by atoms with Gasteiger partial charge in [-0.05, 0) is 20.8 Å². The molecule has 1 saturated heterocycles. The van der Waals surface area contributed by atoms with Crippen LogP contribution in [0.4, 0.5) is 0 Å². The van der Waals surface area contributed by atoms with E-state index < -0.39 is 0 Å². The lowest BCUT2D eigenvalue weighted by atomic mass is 10.1. The van der Waals surface area contributed by atoms with Crippen molar-refractivity contribution < 1.29 is 14.0 Å². The summed E-state index contributed by atoms with van der Waals surface area (Å²) in [6.45, 7) is 9.30. The molecule has 0 radical (unpaired) electrons. The maximum Gasteiger partial charge on any atom is 0.133 e. The minimum absolute atomic E-state index is 0.117. The molecule has 5 heteroatoms. The first-order valence-electron chi connectivity index (χ1n) is 6.30. The summed E-state index contributed by atoms with van der Waals surface area (Å²) in [5, 5.41) is 4.04. The van der Waals surface area contributed by atoms with Gasteiger partial charge in [-0.15, -0.1) is 0 Å². The van der Waals surface area contributed by atoms with Gasteiger partial charge in [0.15, 0.2) is 0 Å². The highest BCUT2D eigenvalue weighted by molar-refractivity contribution is 5.04. The van der Waals surface area contributed by atoms with Crippen LogP contribution in [0.5, 0.6) is 0 Å². The molecule has 0 aromatic carbocycles. The fourth-order valence-corrected chi connectivity index (χ4v) is 2.53. The van der Waals surface area contributed by atoms with Gasteiger partial charge in [0, 0.05) is 32.8 Å². The van der Waals surface area contributed by atoms with Crippen LogP contribution in [0.3, 0.4) is 0 Å². The van der Waals surface area contributed by atoms with E-state index in [9.17, 15) is 0 Å². The van der Waals surface area contributed by atoms with E-state index in [1.807, 2.05) is 13.0 Å². The lowest BCUT2D eigenvalue weighted by Gasteiger charge is -2.42. The van der Waals surface area contributed by atoms with Crippen LogP contribution in [-0.4, -0.2) is 48.6 Å². The maximum absolute atomic E-state index is 5.98. The number of morpholine rings is 1. The van der Waals surface area contributed by atoms with E-state index >= 15 is 0 Å². The van der Waals surface area contributed by atoms with Crippen LogP contribution in [0.25, 0.3) is 0 Å². The lowest BCUT2D eigenvalue weighted by molar-refractivity contribution is -0.154. The summed E-state index contributed by atoms with van der Waals surface area (Å²) in [7, 11) is 1.70. The minimum atomic E-state index is -0.153. The fourth-order valence-electron chi connectivity index (χ4n) is 2.53. The molecule has 1 aromatic heterocycles. The molecule has 0 amide bonds. The summed E-state index contributed by atoms with van der Waals surface area (Å²) in [6, 6.07) is 1.98. The third-order valence-corrected chi connectivity index (χ3v) is 2.97. The smallest absolute Gasteiger partial charge is 0.133 e. The maximum atomic E-state index is 5.98. The molecule has 2 rings (SSSR count). The molecule has 102 valence electrons. The number of hydrogen-bond acceptors (Lipinski definition) is 5. The molecule has 1 fully saturated rings. The number of ether oxygens (including phenoxy) is 2. The van der Waals surface area contributed by atoms with Crippen LogP contribution in [-0.2, 0) is 16.0 Å². The number of rotatable bonds is 4. The summed E-state index contributed by atoms with van der Waals surface area (Å²) in [5.41, 5.74) is 0.821. The van der Waals surface area contributed by atoms with Crippen LogP contribution >= 0.6 is 0 Å². The van der Waals surface area contributed by atoms with Crippen LogP contribution in [0.15, 0.2) is 10.6 Å². The van der Waals surface area contributed by atoms with Gasteiger partial charge in [0.2, 0.25) is 0 Å². The zero-order chi connectivity index (χ0) is 13.2. The second kappa shape index (κ2) is 5.38. The van der Waals surface area contributed by atoms with Crippen molar-refractivity contribution in [1.29, 1.82) is 0 Å². The number of hydrogen-bond donors (Lipinski definition) is 0. The number of aromatic nitrogens is 1. The van der Waals surface area contributed by atoms with Crippen molar-refractivity contribution in [2.75, 3.05) is 26.8 Å². The van der Waals surface area contributed by atoms with Gasteiger partial charge in [0.25, 0.3) is 0 Å². The largest absolute Gasteiger partial charge is 0.382 e. The number of methoxy groups -OCH3 is 1. The second-order valence-electron chi connectivity index (χ2n) is 5.55. The summed E-state index contributed by atoms with van der Waals surface area (Å²) >= 11 is 0. The Labute approximate surface area is 108 Å². The average molecular weight is 254 g/mol. The molecule has 1 aromatic rings. The third-order valence-electron chi connectivity index (χ3n) is 2.97. The summed E-state index contributed by atoms with van der Waals surface area (Å²) in [6.07, 6.45) is 0.117. The highest BCUT2D eigenvalue weighted by Gasteiger charge is 2.33. The Hall–Kier alpha value is -0.910. The van der Waals surface area contributed by atoms with Gasteiger partial charge in [-0.1, -0.05) is 5.16 Å². The molecule has 1 aliphatic rings. The van der Waals surface area contributed by atoms with Crippen LogP contribution in [0, 0.1) is 6.92 Å². The van der Waals surface area contributed by atoms with Gasteiger partial charge in [-0.2, -0.15) is 0 Å². The number of aryl methyl sites for hydroxylation is 1. The highest BCUT2D eigenvalue weighted by Crippen LogP contribution is 2.22. The SMILES string of the molecule is COCC1CN(Cc2cc(C)on2)CC(C)(C)O1.